The molecule has 0 rings (SSSR count). The highest BCUT2D eigenvalue weighted by molar-refractivity contribution is 7.81. The zero-order chi connectivity index (χ0) is 27.5. The lowest BCUT2D eigenvalue weighted by Gasteiger charge is -2.04. The molecule has 0 aliphatic carbocycles. The fourth-order valence-electron chi connectivity index (χ4n) is 2.64. The second-order valence-corrected chi connectivity index (χ2v) is 12.1. The molecule has 0 aromatic heterocycles. The number of aliphatic hydroxyl groups is 3. The zero-order valence-corrected chi connectivity index (χ0v) is 26.0. The quantitative estimate of drug-likeness (QED) is 0.0478. The van der Waals surface area contributed by atoms with Crippen molar-refractivity contribution in [1.29, 1.82) is 0 Å². The largest absolute Gasteiger partial charge is 0.383 e. The summed E-state index contributed by atoms with van der Waals surface area (Å²) >= 11 is 11.6. The van der Waals surface area contributed by atoms with Gasteiger partial charge in [0.2, 0.25) is 0 Å². The summed E-state index contributed by atoms with van der Waals surface area (Å²) in [6.07, 6.45) is 13.2. The van der Waals surface area contributed by atoms with Crippen molar-refractivity contribution in [3.05, 3.63) is 0 Å². The highest BCUT2D eigenvalue weighted by Crippen LogP contribution is 2.12. The molecule has 6 nitrogen and oxygen atoms in total. The van der Waals surface area contributed by atoms with E-state index in [4.69, 9.17) is 30.0 Å². The van der Waals surface area contributed by atoms with Crippen LogP contribution in [0.2, 0.25) is 0 Å². The lowest BCUT2D eigenvalue weighted by molar-refractivity contribution is 0.248. The molecule has 0 spiro atoms. The first-order valence-corrected chi connectivity index (χ1v) is 15.3. The number of rotatable bonds is 15. The van der Waals surface area contributed by atoms with E-state index in [0.717, 1.165) is 56.3 Å². The molecule has 0 bridgehead atoms. The fourth-order valence-corrected chi connectivity index (χ4v) is 3.19. The molecule has 212 valence electrons. The first-order valence-electron chi connectivity index (χ1n) is 12.6. The Morgan fingerprint density at radius 3 is 0.706 bits per heavy atom. The minimum Gasteiger partial charge on any atom is -0.383 e. The van der Waals surface area contributed by atoms with Crippen LogP contribution in [0.1, 0.15) is 119 Å². The molecule has 0 heterocycles. The van der Waals surface area contributed by atoms with Gasteiger partial charge in [-0.3, -0.25) is 0 Å². The van der Waals surface area contributed by atoms with Crippen LogP contribution in [-0.4, -0.2) is 46.3 Å². The predicted molar refractivity (Wildman–Crippen MR) is 158 cm³/mol. The molecule has 0 fully saturated rings. The van der Waals surface area contributed by atoms with Gasteiger partial charge in [-0.15, -0.1) is 37.9 Å². The van der Waals surface area contributed by atoms with Gasteiger partial charge in [0, 0.05) is 0 Å². The summed E-state index contributed by atoms with van der Waals surface area (Å²) in [7, 11) is -2.62. The fraction of sp³-hybridized carbons (Fsp3) is 1.00. The Morgan fingerprint density at radius 1 is 0.441 bits per heavy atom. The number of thiol groups is 3. The summed E-state index contributed by atoms with van der Waals surface area (Å²) in [5.41, 5.74) is -1.23. The van der Waals surface area contributed by atoms with Crippen molar-refractivity contribution >= 4 is 46.5 Å². The minimum absolute atomic E-state index is 0.410. The summed E-state index contributed by atoms with van der Waals surface area (Å²) in [4.78, 5) is 21.7. The molecule has 0 aromatic carbocycles. The average molecular weight is 569 g/mol. The molecule has 3 atom stereocenters. The molecule has 0 aliphatic rings. The molecule has 3 unspecified atom stereocenters. The Bertz CT molecular complexity index is 281. The van der Waals surface area contributed by atoms with Crippen LogP contribution in [0.4, 0.5) is 0 Å². The first kappa shape index (κ1) is 42.3. The number of hydrogen-bond acceptors (Lipinski definition) is 9. The molecule has 34 heavy (non-hydrogen) atoms. The van der Waals surface area contributed by atoms with Gasteiger partial charge in [-0.1, -0.05) is 99.3 Å². The van der Waals surface area contributed by atoms with Crippen molar-refractivity contribution in [1.82, 2.24) is 0 Å². The van der Waals surface area contributed by atoms with E-state index in [1.807, 2.05) is 0 Å². The normalized spacial score (nSPS) is 13.5. The average Bonchev–Trinajstić information content (AvgIpc) is 2.66. The summed E-state index contributed by atoms with van der Waals surface area (Å²) in [5, 5.41) is 26.3. The molecule has 0 amide bonds. The Hall–Kier alpha value is 1.24. The van der Waals surface area contributed by atoms with Gasteiger partial charge in [0.15, 0.2) is 0 Å². The zero-order valence-electron chi connectivity index (χ0n) is 22.4. The van der Waals surface area contributed by atoms with Crippen LogP contribution in [0.5, 0.6) is 0 Å². The SMILES string of the molecule is CC(C)CCCCC(O)S.CC(C)CCCCC(O)S.CC(C)CCCCC(O)S.OP(O)O. The number of hydrogen-bond donors (Lipinski definition) is 9. The van der Waals surface area contributed by atoms with Crippen LogP contribution in [0.25, 0.3) is 0 Å². The minimum atomic E-state index is -2.62. The van der Waals surface area contributed by atoms with Crippen molar-refractivity contribution in [2.24, 2.45) is 17.8 Å². The van der Waals surface area contributed by atoms with Gasteiger partial charge in [0.1, 0.15) is 0 Å². The Labute approximate surface area is 228 Å². The summed E-state index contributed by atoms with van der Waals surface area (Å²) in [6, 6.07) is 0. The van der Waals surface area contributed by atoms with E-state index >= 15 is 0 Å². The molecule has 0 radical (unpaired) electrons. The van der Waals surface area contributed by atoms with E-state index in [2.05, 4.69) is 79.4 Å². The number of aliphatic hydroxyl groups excluding tert-OH is 3. The van der Waals surface area contributed by atoms with Crippen LogP contribution in [0.3, 0.4) is 0 Å². The Morgan fingerprint density at radius 2 is 0.588 bits per heavy atom. The molecular weight excluding hydrogens is 511 g/mol. The second-order valence-electron chi connectivity index (χ2n) is 9.75. The van der Waals surface area contributed by atoms with Crippen molar-refractivity contribution in [3.8, 4) is 0 Å². The Kier molecular flexibility index (Phi) is 40.2. The van der Waals surface area contributed by atoms with E-state index in [9.17, 15) is 0 Å². The van der Waals surface area contributed by atoms with Crippen LogP contribution in [0, 0.1) is 17.8 Å². The molecule has 0 saturated heterocycles. The summed E-state index contributed by atoms with van der Waals surface area (Å²) < 4.78 is 0. The van der Waals surface area contributed by atoms with Gasteiger partial charge in [-0.2, -0.15) is 0 Å². The van der Waals surface area contributed by atoms with Crippen molar-refractivity contribution in [3.63, 3.8) is 0 Å². The van der Waals surface area contributed by atoms with E-state index in [1.165, 1.54) is 38.5 Å². The first-order chi connectivity index (χ1) is 15.6. The van der Waals surface area contributed by atoms with E-state index in [0.29, 0.717) is 0 Å². The lowest BCUT2D eigenvalue weighted by atomic mass is 10.1. The highest BCUT2D eigenvalue weighted by Gasteiger charge is 1.99. The topological polar surface area (TPSA) is 121 Å². The third-order valence-electron chi connectivity index (χ3n) is 4.48. The Balaban J connectivity index is -0.000000184. The maximum Gasteiger partial charge on any atom is 0.324 e. The van der Waals surface area contributed by atoms with Crippen LogP contribution >= 0.6 is 46.5 Å². The van der Waals surface area contributed by atoms with Crippen LogP contribution < -0.4 is 0 Å². The van der Waals surface area contributed by atoms with Crippen LogP contribution in [0.15, 0.2) is 0 Å². The van der Waals surface area contributed by atoms with Gasteiger partial charge >= 0.3 is 8.60 Å². The van der Waals surface area contributed by atoms with Gasteiger partial charge in [0.25, 0.3) is 0 Å². The molecule has 0 aromatic rings. The molecule has 6 N–H and O–H groups in total. The van der Waals surface area contributed by atoms with Gasteiger partial charge in [0.05, 0.1) is 16.3 Å². The van der Waals surface area contributed by atoms with Crippen molar-refractivity contribution in [2.45, 2.75) is 135 Å². The molecular formula is C24H57O6PS3. The van der Waals surface area contributed by atoms with Crippen molar-refractivity contribution in [2.75, 3.05) is 0 Å². The maximum atomic E-state index is 8.78. The summed E-state index contributed by atoms with van der Waals surface area (Å²) in [6.45, 7) is 13.3. The smallest absolute Gasteiger partial charge is 0.324 e. The van der Waals surface area contributed by atoms with Crippen LogP contribution in [-0.2, 0) is 0 Å². The third-order valence-corrected chi connectivity index (χ3v) is 5.26. The standard InChI is InChI=1S/3C8H18OS.H3O3P/c3*1-7(2)5-3-4-6-8(9)10;1-4(2)3/h3*7-10H,3-6H2,1-2H3;1-3H. The molecule has 0 aliphatic heterocycles. The van der Waals surface area contributed by atoms with Gasteiger partial charge < -0.3 is 30.0 Å². The third kappa shape index (κ3) is 69.9. The molecule has 0 saturated carbocycles. The van der Waals surface area contributed by atoms with E-state index in [1.54, 1.807) is 0 Å². The highest BCUT2D eigenvalue weighted by atomic mass is 32.1. The second kappa shape index (κ2) is 32.3. The van der Waals surface area contributed by atoms with Crippen molar-refractivity contribution < 1.29 is 30.0 Å². The summed E-state index contributed by atoms with van der Waals surface area (Å²) in [5.74, 6) is 2.37. The predicted octanol–water partition coefficient (Wildman–Crippen LogP) is 6.54. The monoisotopic (exact) mass is 568 g/mol. The maximum absolute atomic E-state index is 8.78. The van der Waals surface area contributed by atoms with E-state index < -0.39 is 24.9 Å². The number of unbranched alkanes of at least 4 members (excludes halogenated alkanes) is 3. The lowest BCUT2D eigenvalue weighted by Crippen LogP contribution is -1.95. The van der Waals surface area contributed by atoms with Gasteiger partial charge in [-0.05, 0) is 37.0 Å². The van der Waals surface area contributed by atoms with E-state index in [-0.39, 0.29) is 0 Å². The molecule has 10 heteroatoms. The van der Waals surface area contributed by atoms with Gasteiger partial charge in [-0.25, -0.2) is 0 Å².